The SMILES string of the molecule is CSC(=Nc1ccccc1)N(C)c1ccccc1. The zero-order chi connectivity index (χ0) is 12.8. The number of rotatable bonds is 2. The highest BCUT2D eigenvalue weighted by Gasteiger charge is 2.07. The fourth-order valence-electron chi connectivity index (χ4n) is 1.63. The van der Waals surface area contributed by atoms with E-state index >= 15 is 0 Å². The molecule has 0 unspecified atom stereocenters. The van der Waals surface area contributed by atoms with Crippen molar-refractivity contribution in [2.75, 3.05) is 18.2 Å². The highest BCUT2D eigenvalue weighted by Crippen LogP contribution is 2.19. The minimum atomic E-state index is 0.977. The first kappa shape index (κ1) is 12.7. The zero-order valence-corrected chi connectivity index (χ0v) is 11.4. The summed E-state index contributed by atoms with van der Waals surface area (Å²) in [6, 6.07) is 20.3. The molecular formula is C15H16N2S. The molecule has 0 spiro atoms. The third-order valence-electron chi connectivity index (χ3n) is 2.59. The van der Waals surface area contributed by atoms with Gasteiger partial charge in [-0.05, 0) is 30.5 Å². The van der Waals surface area contributed by atoms with Crippen molar-refractivity contribution in [1.82, 2.24) is 0 Å². The molecule has 0 amide bonds. The maximum Gasteiger partial charge on any atom is 0.168 e. The lowest BCUT2D eigenvalue weighted by Gasteiger charge is -2.19. The average molecular weight is 256 g/mol. The first-order chi connectivity index (χ1) is 8.81. The topological polar surface area (TPSA) is 15.6 Å². The van der Waals surface area contributed by atoms with E-state index in [1.54, 1.807) is 11.8 Å². The number of para-hydroxylation sites is 2. The minimum Gasteiger partial charge on any atom is -0.324 e. The normalized spacial score (nSPS) is 11.3. The number of aliphatic imine (C=N–C) groups is 1. The lowest BCUT2D eigenvalue weighted by atomic mass is 10.3. The van der Waals surface area contributed by atoms with Crippen LogP contribution in [0.15, 0.2) is 65.7 Å². The maximum absolute atomic E-state index is 4.66. The highest BCUT2D eigenvalue weighted by atomic mass is 32.2. The maximum atomic E-state index is 4.66. The van der Waals surface area contributed by atoms with E-state index in [0.717, 1.165) is 16.5 Å². The van der Waals surface area contributed by atoms with Crippen LogP contribution < -0.4 is 4.90 Å². The molecule has 0 atom stereocenters. The third kappa shape index (κ3) is 3.14. The van der Waals surface area contributed by atoms with E-state index in [1.165, 1.54) is 0 Å². The zero-order valence-electron chi connectivity index (χ0n) is 10.6. The van der Waals surface area contributed by atoms with Crippen LogP contribution in [-0.2, 0) is 0 Å². The molecule has 0 aliphatic rings. The lowest BCUT2D eigenvalue weighted by molar-refractivity contribution is 1.28. The molecule has 2 aromatic rings. The van der Waals surface area contributed by atoms with Crippen LogP contribution in [0.25, 0.3) is 0 Å². The summed E-state index contributed by atoms with van der Waals surface area (Å²) in [5.41, 5.74) is 2.12. The Balaban J connectivity index is 2.27. The van der Waals surface area contributed by atoms with Gasteiger partial charge in [0.15, 0.2) is 5.17 Å². The minimum absolute atomic E-state index is 0.977. The van der Waals surface area contributed by atoms with Gasteiger partial charge in [-0.15, -0.1) is 0 Å². The molecule has 3 heteroatoms. The highest BCUT2D eigenvalue weighted by molar-refractivity contribution is 8.13. The number of anilines is 1. The fraction of sp³-hybridized carbons (Fsp3) is 0.133. The average Bonchev–Trinajstić information content (AvgIpc) is 2.46. The van der Waals surface area contributed by atoms with Crippen LogP contribution in [-0.4, -0.2) is 18.5 Å². The van der Waals surface area contributed by atoms with Crippen LogP contribution in [0.5, 0.6) is 0 Å². The van der Waals surface area contributed by atoms with Crippen molar-refractivity contribution in [1.29, 1.82) is 0 Å². The molecule has 0 aromatic heterocycles. The molecule has 0 radical (unpaired) electrons. The van der Waals surface area contributed by atoms with Gasteiger partial charge < -0.3 is 4.90 Å². The Morgan fingerprint density at radius 3 is 2.06 bits per heavy atom. The summed E-state index contributed by atoms with van der Waals surface area (Å²) in [7, 11) is 2.04. The van der Waals surface area contributed by atoms with Crippen molar-refractivity contribution in [2.45, 2.75) is 0 Å². The van der Waals surface area contributed by atoms with Gasteiger partial charge in [-0.25, -0.2) is 4.99 Å². The van der Waals surface area contributed by atoms with E-state index < -0.39 is 0 Å². The van der Waals surface area contributed by atoms with Crippen LogP contribution in [0.4, 0.5) is 11.4 Å². The molecule has 0 bridgehead atoms. The smallest absolute Gasteiger partial charge is 0.168 e. The molecular weight excluding hydrogens is 240 g/mol. The molecule has 2 nitrogen and oxygen atoms in total. The monoisotopic (exact) mass is 256 g/mol. The van der Waals surface area contributed by atoms with Crippen molar-refractivity contribution in [3.05, 3.63) is 60.7 Å². The molecule has 2 aromatic carbocycles. The molecule has 0 aliphatic heterocycles. The van der Waals surface area contributed by atoms with Crippen molar-refractivity contribution in [3.63, 3.8) is 0 Å². The predicted octanol–water partition coefficient (Wildman–Crippen LogP) is 4.17. The lowest BCUT2D eigenvalue weighted by Crippen LogP contribution is -2.22. The Hall–Kier alpha value is -1.74. The second-order valence-corrected chi connectivity index (χ2v) is 4.60. The van der Waals surface area contributed by atoms with Gasteiger partial charge in [-0.3, -0.25) is 0 Å². The molecule has 0 heterocycles. The molecule has 0 saturated heterocycles. The molecule has 0 saturated carbocycles. The van der Waals surface area contributed by atoms with E-state index in [9.17, 15) is 0 Å². The number of nitrogens with zero attached hydrogens (tertiary/aromatic N) is 2. The second-order valence-electron chi connectivity index (χ2n) is 3.83. The summed E-state index contributed by atoms with van der Waals surface area (Å²) in [5, 5.41) is 0.979. The van der Waals surface area contributed by atoms with Gasteiger partial charge in [-0.2, -0.15) is 0 Å². The van der Waals surface area contributed by atoms with E-state index in [-0.39, 0.29) is 0 Å². The number of benzene rings is 2. The fourth-order valence-corrected chi connectivity index (χ4v) is 2.21. The van der Waals surface area contributed by atoms with Gasteiger partial charge in [0.25, 0.3) is 0 Å². The van der Waals surface area contributed by atoms with E-state index in [1.807, 2.05) is 61.8 Å². The van der Waals surface area contributed by atoms with Crippen molar-refractivity contribution in [2.24, 2.45) is 4.99 Å². The van der Waals surface area contributed by atoms with Crippen molar-refractivity contribution in [3.8, 4) is 0 Å². The van der Waals surface area contributed by atoms with Crippen LogP contribution in [0.3, 0.4) is 0 Å². The van der Waals surface area contributed by atoms with Gasteiger partial charge in [0, 0.05) is 12.7 Å². The van der Waals surface area contributed by atoms with Crippen LogP contribution >= 0.6 is 11.8 Å². The molecule has 18 heavy (non-hydrogen) atoms. The van der Waals surface area contributed by atoms with Gasteiger partial charge in [0.05, 0.1) is 5.69 Å². The third-order valence-corrected chi connectivity index (χ3v) is 3.32. The quantitative estimate of drug-likeness (QED) is 0.592. The van der Waals surface area contributed by atoms with Gasteiger partial charge in [0.1, 0.15) is 0 Å². The first-order valence-electron chi connectivity index (χ1n) is 5.78. The van der Waals surface area contributed by atoms with Crippen LogP contribution in [0, 0.1) is 0 Å². The molecule has 0 N–H and O–H groups in total. The number of amidine groups is 1. The molecule has 0 aliphatic carbocycles. The van der Waals surface area contributed by atoms with Gasteiger partial charge >= 0.3 is 0 Å². The largest absolute Gasteiger partial charge is 0.324 e. The Labute approximate surface area is 112 Å². The predicted molar refractivity (Wildman–Crippen MR) is 81.9 cm³/mol. The summed E-state index contributed by atoms with van der Waals surface area (Å²) in [4.78, 5) is 6.75. The Kier molecular flexibility index (Phi) is 4.42. The van der Waals surface area contributed by atoms with Crippen molar-refractivity contribution >= 4 is 28.3 Å². The van der Waals surface area contributed by atoms with Crippen molar-refractivity contribution < 1.29 is 0 Å². The summed E-state index contributed by atoms with van der Waals surface area (Å²) >= 11 is 1.64. The number of hydrogen-bond donors (Lipinski definition) is 0. The Bertz CT molecular complexity index is 509. The standard InChI is InChI=1S/C15H16N2S/c1-17(14-11-7-4-8-12-14)15(18-2)16-13-9-5-3-6-10-13/h3-12H,1-2H3. The van der Waals surface area contributed by atoms with Crippen LogP contribution in [0.1, 0.15) is 0 Å². The second kappa shape index (κ2) is 6.26. The molecule has 0 fully saturated rings. The van der Waals surface area contributed by atoms with Crippen LogP contribution in [0.2, 0.25) is 0 Å². The number of thioether (sulfide) groups is 1. The molecule has 92 valence electrons. The molecule has 2 rings (SSSR count). The van der Waals surface area contributed by atoms with E-state index in [0.29, 0.717) is 0 Å². The Morgan fingerprint density at radius 1 is 0.944 bits per heavy atom. The summed E-state index contributed by atoms with van der Waals surface area (Å²) in [6.45, 7) is 0. The van der Waals surface area contributed by atoms with Gasteiger partial charge in [-0.1, -0.05) is 48.2 Å². The summed E-state index contributed by atoms with van der Waals surface area (Å²) in [6.07, 6.45) is 2.04. The van der Waals surface area contributed by atoms with E-state index in [2.05, 4.69) is 22.0 Å². The van der Waals surface area contributed by atoms with Gasteiger partial charge in [0.2, 0.25) is 0 Å². The Morgan fingerprint density at radius 2 is 1.50 bits per heavy atom. The summed E-state index contributed by atoms with van der Waals surface area (Å²) in [5.74, 6) is 0. The first-order valence-corrected chi connectivity index (χ1v) is 7.00. The van der Waals surface area contributed by atoms with E-state index in [4.69, 9.17) is 0 Å². The summed E-state index contributed by atoms with van der Waals surface area (Å²) < 4.78 is 0. The number of hydrogen-bond acceptors (Lipinski definition) is 2.